The summed E-state index contributed by atoms with van der Waals surface area (Å²) in [6.45, 7) is 0. The fraction of sp³-hybridized carbons (Fsp3) is 0.0952. The first-order chi connectivity index (χ1) is 14.0. The molecule has 1 N–H and O–H groups in total. The molecule has 0 aliphatic carbocycles. The molecule has 0 spiro atoms. The van der Waals surface area contributed by atoms with E-state index >= 15 is 0 Å². The van der Waals surface area contributed by atoms with E-state index in [1.54, 1.807) is 36.3 Å². The number of ketones is 1. The van der Waals surface area contributed by atoms with Crippen molar-refractivity contribution < 1.29 is 14.3 Å². The van der Waals surface area contributed by atoms with Crippen LogP contribution in [0.3, 0.4) is 0 Å². The number of carbonyl (C=O) groups excluding carboxylic acids is 1. The summed E-state index contributed by atoms with van der Waals surface area (Å²) < 4.78 is 14.7. The highest BCUT2D eigenvalue weighted by molar-refractivity contribution is 7.98. The van der Waals surface area contributed by atoms with Gasteiger partial charge in [0.15, 0.2) is 0 Å². The van der Waals surface area contributed by atoms with Crippen molar-refractivity contribution in [3.05, 3.63) is 70.3 Å². The Hall–Kier alpha value is -3.02. The topological polar surface area (TPSA) is 72.2 Å². The fourth-order valence-corrected chi connectivity index (χ4v) is 3.69. The molecule has 0 bridgehead atoms. The summed E-state index contributed by atoms with van der Waals surface area (Å²) in [4.78, 5) is 31.2. The van der Waals surface area contributed by atoms with E-state index in [1.807, 2.05) is 24.3 Å². The van der Waals surface area contributed by atoms with Crippen molar-refractivity contribution in [1.82, 2.24) is 9.55 Å². The van der Waals surface area contributed by atoms with Gasteiger partial charge in [-0.1, -0.05) is 0 Å². The smallest absolute Gasteiger partial charge is 0.271 e. The molecule has 0 aliphatic rings. The Morgan fingerprint density at radius 3 is 2.28 bits per heavy atom. The van der Waals surface area contributed by atoms with Crippen LogP contribution >= 0.6 is 23.5 Å². The van der Waals surface area contributed by atoms with E-state index in [0.717, 1.165) is 16.7 Å². The van der Waals surface area contributed by atoms with Crippen molar-refractivity contribution in [2.45, 2.75) is 9.92 Å². The van der Waals surface area contributed by atoms with Gasteiger partial charge in [0.1, 0.15) is 28.3 Å². The number of aliphatic hydroxyl groups excluding tert-OH is 1. The number of hydrogen-bond acceptors (Lipinski definition) is 6. The molecule has 8 heteroatoms. The average molecular weight is 426 g/mol. The van der Waals surface area contributed by atoms with Crippen LogP contribution in [0, 0.1) is 17.8 Å². The first kappa shape index (κ1) is 20.7. The lowest BCUT2D eigenvalue weighted by atomic mass is 10.1. The molecule has 0 atom stereocenters. The van der Waals surface area contributed by atoms with Crippen LogP contribution in [-0.4, -0.2) is 33.0 Å². The Morgan fingerprint density at radius 2 is 1.72 bits per heavy atom. The van der Waals surface area contributed by atoms with Gasteiger partial charge in [-0.2, -0.15) is 0 Å². The molecule has 0 radical (unpaired) electrons. The summed E-state index contributed by atoms with van der Waals surface area (Å²) >= 11 is 2.67. The Balaban J connectivity index is 2.37. The summed E-state index contributed by atoms with van der Waals surface area (Å²) in [5.41, 5.74) is 0.172. The standard InChI is InChI=1S/C21H15FN2O3S2/c1-28-16-9-7-15(8-10-16)24-19(13-3-5-14(22)6-4-13)23-20(29-2)18(21(24)27)17(26)11-12-25/h3-10,25H,1-2H3. The predicted molar refractivity (Wildman–Crippen MR) is 113 cm³/mol. The number of rotatable bonds is 5. The molecule has 3 aromatic rings. The van der Waals surface area contributed by atoms with E-state index < -0.39 is 17.2 Å². The second-order valence-electron chi connectivity index (χ2n) is 5.73. The van der Waals surface area contributed by atoms with Gasteiger partial charge in [0.05, 0.1) is 5.69 Å². The molecule has 0 saturated carbocycles. The van der Waals surface area contributed by atoms with Gasteiger partial charge in [-0.15, -0.1) is 23.5 Å². The number of carbonyl (C=O) groups is 1. The maximum absolute atomic E-state index is 13.4. The van der Waals surface area contributed by atoms with E-state index in [2.05, 4.69) is 4.98 Å². The van der Waals surface area contributed by atoms with Crippen LogP contribution in [0.5, 0.6) is 0 Å². The quantitative estimate of drug-likeness (QED) is 0.288. The van der Waals surface area contributed by atoms with Crippen molar-refractivity contribution in [1.29, 1.82) is 0 Å². The van der Waals surface area contributed by atoms with E-state index in [-0.39, 0.29) is 16.4 Å². The monoisotopic (exact) mass is 426 g/mol. The molecule has 0 amide bonds. The van der Waals surface area contributed by atoms with Gasteiger partial charge in [0, 0.05) is 16.4 Å². The lowest BCUT2D eigenvalue weighted by Crippen LogP contribution is -2.28. The molecule has 3 rings (SSSR count). The summed E-state index contributed by atoms with van der Waals surface area (Å²) in [7, 11) is 0. The average Bonchev–Trinajstić information content (AvgIpc) is 2.73. The van der Waals surface area contributed by atoms with Gasteiger partial charge >= 0.3 is 0 Å². The van der Waals surface area contributed by atoms with Crippen LogP contribution in [-0.2, 0) is 0 Å². The lowest BCUT2D eigenvalue weighted by molar-refractivity contribution is 0.105. The number of benzene rings is 2. The highest BCUT2D eigenvalue weighted by Crippen LogP contribution is 2.26. The van der Waals surface area contributed by atoms with Gasteiger partial charge in [-0.3, -0.25) is 14.2 Å². The van der Waals surface area contributed by atoms with Crippen molar-refractivity contribution in [2.75, 3.05) is 12.5 Å². The Kier molecular flexibility index (Phi) is 6.42. The molecule has 0 unspecified atom stereocenters. The maximum Gasteiger partial charge on any atom is 0.271 e. The molecule has 1 heterocycles. The number of hydrogen-bond donors (Lipinski definition) is 1. The third-order valence-corrected chi connectivity index (χ3v) is 5.50. The lowest BCUT2D eigenvalue weighted by Gasteiger charge is -2.16. The maximum atomic E-state index is 13.4. The zero-order valence-corrected chi connectivity index (χ0v) is 17.1. The first-order valence-corrected chi connectivity index (χ1v) is 10.8. The summed E-state index contributed by atoms with van der Waals surface area (Å²) in [5, 5.41) is 8.98. The third-order valence-electron chi connectivity index (χ3n) is 4.07. The minimum absolute atomic E-state index is 0.180. The normalized spacial score (nSPS) is 10.3. The minimum Gasteiger partial charge on any atom is -0.462 e. The van der Waals surface area contributed by atoms with Gasteiger partial charge < -0.3 is 5.11 Å². The summed E-state index contributed by atoms with van der Waals surface area (Å²) in [6, 6.07) is 12.8. The zero-order valence-electron chi connectivity index (χ0n) is 15.5. The molecule has 0 fully saturated rings. The SMILES string of the molecule is CSc1ccc(-n2c(-c3ccc(F)cc3)nc(SC)c(C(=O)C#CO)c2=O)cc1. The van der Waals surface area contributed by atoms with Crippen molar-refractivity contribution in [3.8, 4) is 29.1 Å². The summed E-state index contributed by atoms with van der Waals surface area (Å²) in [5.74, 6) is 1.02. The van der Waals surface area contributed by atoms with Crippen LogP contribution in [0.25, 0.3) is 17.1 Å². The minimum atomic E-state index is -0.825. The molecule has 0 aliphatic heterocycles. The van der Waals surface area contributed by atoms with E-state index in [4.69, 9.17) is 5.11 Å². The first-order valence-electron chi connectivity index (χ1n) is 8.31. The molecule has 29 heavy (non-hydrogen) atoms. The number of Topliss-reactive ketones (excluding diaryl/α,β-unsaturated/α-hetero) is 1. The fourth-order valence-electron chi connectivity index (χ4n) is 2.72. The predicted octanol–water partition coefficient (Wildman–Crippen LogP) is 4.00. The van der Waals surface area contributed by atoms with Crippen LogP contribution in [0.15, 0.2) is 63.2 Å². The van der Waals surface area contributed by atoms with Crippen molar-refractivity contribution >= 4 is 29.3 Å². The van der Waals surface area contributed by atoms with Gasteiger partial charge in [-0.05, 0) is 61.0 Å². The largest absolute Gasteiger partial charge is 0.462 e. The molecular formula is C21H15FN2O3S2. The van der Waals surface area contributed by atoms with Crippen molar-refractivity contribution in [2.24, 2.45) is 0 Å². The van der Waals surface area contributed by atoms with E-state index in [1.165, 1.54) is 28.8 Å². The van der Waals surface area contributed by atoms with Crippen LogP contribution in [0.2, 0.25) is 0 Å². The second-order valence-corrected chi connectivity index (χ2v) is 7.41. The van der Waals surface area contributed by atoms with Gasteiger partial charge in [0.2, 0.25) is 5.78 Å². The second kappa shape index (κ2) is 8.99. The number of aliphatic hydroxyl groups is 1. The van der Waals surface area contributed by atoms with Crippen LogP contribution in [0.4, 0.5) is 4.39 Å². The van der Waals surface area contributed by atoms with Crippen LogP contribution < -0.4 is 5.56 Å². The number of nitrogens with zero attached hydrogens (tertiary/aromatic N) is 2. The molecule has 0 saturated heterocycles. The van der Waals surface area contributed by atoms with Crippen LogP contribution in [0.1, 0.15) is 10.4 Å². The number of halogens is 1. The highest BCUT2D eigenvalue weighted by atomic mass is 32.2. The Labute approximate surface area is 175 Å². The zero-order chi connectivity index (χ0) is 21.0. The van der Waals surface area contributed by atoms with Crippen molar-refractivity contribution in [3.63, 3.8) is 0 Å². The Morgan fingerprint density at radius 1 is 1.07 bits per heavy atom. The van der Waals surface area contributed by atoms with E-state index in [0.29, 0.717) is 11.3 Å². The number of aromatic nitrogens is 2. The Bertz CT molecular complexity index is 1180. The van der Waals surface area contributed by atoms with E-state index in [9.17, 15) is 14.0 Å². The molecule has 2 aromatic carbocycles. The summed E-state index contributed by atoms with van der Waals surface area (Å²) in [6.07, 6.45) is 5.15. The molecule has 146 valence electrons. The molecular weight excluding hydrogens is 411 g/mol. The van der Waals surface area contributed by atoms with Gasteiger partial charge in [-0.25, -0.2) is 9.37 Å². The number of thioether (sulfide) groups is 2. The third kappa shape index (κ3) is 4.21. The molecule has 5 nitrogen and oxygen atoms in total. The van der Waals surface area contributed by atoms with Gasteiger partial charge in [0.25, 0.3) is 5.56 Å². The highest BCUT2D eigenvalue weighted by Gasteiger charge is 2.23. The molecule has 1 aromatic heterocycles.